The number of fused-ring (bicyclic) bond motifs is 1. The number of nitrogens with one attached hydrogen (secondary N) is 1. The molecule has 31 heavy (non-hydrogen) atoms. The molecule has 0 atom stereocenters. The van der Waals surface area contributed by atoms with E-state index >= 15 is 0 Å². The Morgan fingerprint density at radius 2 is 1.29 bits per heavy atom. The van der Waals surface area contributed by atoms with E-state index in [1.165, 1.54) is 7.16 Å². The van der Waals surface area contributed by atoms with Crippen LogP contribution in [0.1, 0.15) is 0 Å². The zero-order valence-electron chi connectivity index (χ0n) is 17.1. The van der Waals surface area contributed by atoms with Crippen molar-refractivity contribution in [2.75, 3.05) is 21.5 Å². The maximum atomic E-state index is 10.9. The van der Waals surface area contributed by atoms with Crippen LogP contribution < -0.4 is 18.7 Å². The second kappa shape index (κ2) is 8.55. The van der Waals surface area contributed by atoms with Gasteiger partial charge in [-0.3, -0.25) is 0 Å². The summed E-state index contributed by atoms with van der Waals surface area (Å²) >= 11 is -4.09. The summed E-state index contributed by atoms with van der Waals surface area (Å²) in [5, 5.41) is 14.4. The van der Waals surface area contributed by atoms with Crippen molar-refractivity contribution < 1.29 is 8.18 Å². The van der Waals surface area contributed by atoms with Gasteiger partial charge in [-0.2, -0.15) is 0 Å². The number of aromatic hydroxyl groups is 1. The third kappa shape index (κ3) is 3.61. The number of rotatable bonds is 3. The fourth-order valence-corrected chi connectivity index (χ4v) is 15.8. The fourth-order valence-electron chi connectivity index (χ4n) is 4.28. The second-order valence-electron chi connectivity index (χ2n) is 7.54. The van der Waals surface area contributed by atoms with Crippen LogP contribution in [0, 0.1) is 0 Å². The standard InChI is InChI=1S/C14H15N2O2.2C6H5.Sn/c17-13-7-3-1-5-11(13)15-9-10-16-12-6-2-4-8-14(12)18;2*1-2-4-6-5-3-1;/h1-8,15,17-18H,9-10H2;2*1-5H;/q-1;;;+2/p-1. The molecular formula is C26H24N2O2Sn. The molecule has 0 radical (unpaired) electrons. The third-order valence-corrected chi connectivity index (χ3v) is 17.0. The second-order valence-corrected chi connectivity index (χ2v) is 16.6. The molecule has 4 nitrogen and oxygen atoms in total. The number of hydrogen-bond acceptors (Lipinski definition) is 4. The first-order chi connectivity index (χ1) is 15.3. The van der Waals surface area contributed by atoms with Gasteiger partial charge >= 0.3 is 188 Å². The van der Waals surface area contributed by atoms with E-state index in [0.29, 0.717) is 6.54 Å². The first-order valence-electron chi connectivity index (χ1n) is 10.5. The summed E-state index contributed by atoms with van der Waals surface area (Å²) in [6.07, 6.45) is 0. The average molecular weight is 515 g/mol. The topological polar surface area (TPSA) is 44.7 Å². The molecule has 0 bridgehead atoms. The molecule has 0 saturated carbocycles. The Hall–Kier alpha value is -3.12. The van der Waals surface area contributed by atoms with Gasteiger partial charge in [0.2, 0.25) is 0 Å². The van der Waals surface area contributed by atoms with Crippen LogP contribution in [0.3, 0.4) is 0 Å². The number of hydrogen-bond donors (Lipinski definition) is 2. The number of nitrogens with zero attached hydrogens (tertiary/aromatic N) is 1. The molecule has 1 heterocycles. The van der Waals surface area contributed by atoms with Crippen molar-refractivity contribution in [3.63, 3.8) is 0 Å². The summed E-state index contributed by atoms with van der Waals surface area (Å²) < 4.78 is 11.9. The Kier molecular flexibility index (Phi) is 5.47. The summed E-state index contributed by atoms with van der Waals surface area (Å²) in [5.41, 5.74) is 1.82. The van der Waals surface area contributed by atoms with Crippen LogP contribution in [0.2, 0.25) is 0 Å². The molecule has 0 spiro atoms. The van der Waals surface area contributed by atoms with Gasteiger partial charge in [0.05, 0.1) is 0 Å². The van der Waals surface area contributed by atoms with Crippen LogP contribution >= 0.6 is 0 Å². The molecule has 1 aliphatic heterocycles. The Morgan fingerprint density at radius 3 is 1.97 bits per heavy atom. The maximum absolute atomic E-state index is 10.9. The van der Waals surface area contributed by atoms with E-state index in [0.717, 1.165) is 23.7 Å². The van der Waals surface area contributed by atoms with E-state index in [2.05, 4.69) is 63.0 Å². The molecule has 0 fully saturated rings. The molecule has 5 heteroatoms. The number of anilines is 2. The van der Waals surface area contributed by atoms with Gasteiger partial charge in [0.25, 0.3) is 0 Å². The molecule has 0 aromatic heterocycles. The third-order valence-electron chi connectivity index (χ3n) is 5.68. The van der Waals surface area contributed by atoms with Gasteiger partial charge in [0.1, 0.15) is 0 Å². The predicted molar refractivity (Wildman–Crippen MR) is 129 cm³/mol. The molecule has 0 saturated heterocycles. The zero-order valence-corrected chi connectivity index (χ0v) is 20.0. The molecular weight excluding hydrogens is 491 g/mol. The number of benzene rings is 4. The molecule has 1 aliphatic rings. The molecule has 0 unspecified atom stereocenters. The molecule has 4 aromatic rings. The fraction of sp³-hybridized carbons (Fsp3) is 0.0769. The van der Waals surface area contributed by atoms with Crippen LogP contribution in [0.5, 0.6) is 11.5 Å². The van der Waals surface area contributed by atoms with Crippen molar-refractivity contribution in [2.45, 2.75) is 0 Å². The first-order valence-corrected chi connectivity index (χ1v) is 15.8. The van der Waals surface area contributed by atoms with E-state index in [1.54, 1.807) is 6.07 Å². The monoisotopic (exact) mass is 516 g/mol. The van der Waals surface area contributed by atoms with Crippen molar-refractivity contribution in [1.82, 2.24) is 0 Å². The normalized spacial score (nSPS) is 15.0. The molecule has 0 aliphatic carbocycles. The van der Waals surface area contributed by atoms with E-state index in [1.807, 2.05) is 48.5 Å². The van der Waals surface area contributed by atoms with E-state index in [4.69, 9.17) is 3.07 Å². The predicted octanol–water partition coefficient (Wildman–Crippen LogP) is 3.96. The van der Waals surface area contributed by atoms with Gasteiger partial charge in [-0.25, -0.2) is 0 Å². The van der Waals surface area contributed by atoms with Gasteiger partial charge in [-0.05, 0) is 0 Å². The van der Waals surface area contributed by atoms with E-state index in [9.17, 15) is 5.11 Å². The summed E-state index contributed by atoms with van der Waals surface area (Å²) in [6.45, 7) is 1.46. The SMILES string of the molecule is Oc1ccccc1[N]1CCNc2ccccc2[O][Sn]1([c]1ccccc1)[c]1ccccc1. The molecule has 154 valence electrons. The Bertz CT molecular complexity index is 1130. The van der Waals surface area contributed by atoms with Gasteiger partial charge in [0, 0.05) is 0 Å². The van der Waals surface area contributed by atoms with Gasteiger partial charge in [-0.15, -0.1) is 0 Å². The van der Waals surface area contributed by atoms with Crippen molar-refractivity contribution in [3.05, 3.63) is 109 Å². The summed E-state index contributed by atoms with van der Waals surface area (Å²) in [5.74, 6) is 1.12. The quantitative estimate of drug-likeness (QED) is 0.406. The Labute approximate surface area is 187 Å². The molecule has 4 aromatic carbocycles. The van der Waals surface area contributed by atoms with Gasteiger partial charge in [-0.1, -0.05) is 0 Å². The summed E-state index contributed by atoms with van der Waals surface area (Å²) in [7, 11) is 0. The van der Waals surface area contributed by atoms with Crippen LogP contribution in [0.4, 0.5) is 11.4 Å². The van der Waals surface area contributed by atoms with Crippen molar-refractivity contribution in [3.8, 4) is 11.5 Å². The first kappa shape index (κ1) is 19.8. The average Bonchev–Trinajstić information content (AvgIpc) is 2.82. The van der Waals surface area contributed by atoms with Crippen LogP contribution in [0.15, 0.2) is 109 Å². The number of para-hydroxylation sites is 4. The minimum atomic E-state index is -4.09. The zero-order chi connectivity index (χ0) is 21.1. The Balaban J connectivity index is 1.83. The Morgan fingerprint density at radius 1 is 0.710 bits per heavy atom. The summed E-state index contributed by atoms with van der Waals surface area (Å²) in [6, 6.07) is 36.8. The van der Waals surface area contributed by atoms with E-state index < -0.39 is 19.1 Å². The molecule has 2 N–H and O–H groups in total. The van der Waals surface area contributed by atoms with Crippen LogP contribution in [-0.2, 0) is 0 Å². The minimum absolute atomic E-state index is 0.271. The van der Waals surface area contributed by atoms with Gasteiger partial charge < -0.3 is 0 Å². The summed E-state index contributed by atoms with van der Waals surface area (Å²) in [4.78, 5) is 0. The van der Waals surface area contributed by atoms with Crippen molar-refractivity contribution >= 4 is 37.6 Å². The van der Waals surface area contributed by atoms with Gasteiger partial charge in [0.15, 0.2) is 0 Å². The molecule has 5 rings (SSSR count). The van der Waals surface area contributed by atoms with Crippen molar-refractivity contribution in [2.24, 2.45) is 0 Å². The van der Waals surface area contributed by atoms with Crippen LogP contribution in [-0.4, -0.2) is 37.3 Å². The number of phenolic OH excluding ortho intramolecular Hbond substituents is 1. The van der Waals surface area contributed by atoms with Crippen molar-refractivity contribution in [1.29, 1.82) is 0 Å². The van der Waals surface area contributed by atoms with E-state index in [-0.39, 0.29) is 5.75 Å². The van der Waals surface area contributed by atoms with Crippen LogP contribution in [0.25, 0.3) is 0 Å². The number of phenols is 1. The molecule has 0 amide bonds.